The van der Waals surface area contributed by atoms with Crippen molar-refractivity contribution in [1.82, 2.24) is 5.43 Å². The molecule has 0 spiro atoms. The fourth-order valence-electron chi connectivity index (χ4n) is 2.47. The second-order valence-electron chi connectivity index (χ2n) is 5.81. The molecule has 8 heteroatoms. The number of nitrogens with one attached hydrogen (secondary N) is 1. The highest BCUT2D eigenvalue weighted by Gasteiger charge is 2.29. The van der Waals surface area contributed by atoms with Gasteiger partial charge in [0.2, 0.25) is 10.0 Å². The molecule has 1 amide bonds. The normalized spacial score (nSPS) is 12.6. The van der Waals surface area contributed by atoms with Gasteiger partial charge in [-0.15, -0.1) is 0 Å². The first-order chi connectivity index (χ1) is 12.8. The SMILES string of the molecule is CCOc1ccc(N([C@@H](C)C(=O)N/N=C\c2ccccc2)S(C)(=O)=O)cc1. The van der Waals surface area contributed by atoms with Crippen LogP contribution in [0.15, 0.2) is 59.7 Å². The fraction of sp³-hybridized carbons (Fsp3) is 0.263. The minimum Gasteiger partial charge on any atom is -0.494 e. The second kappa shape index (κ2) is 9.18. The van der Waals surface area contributed by atoms with Gasteiger partial charge in [-0.25, -0.2) is 13.8 Å². The van der Waals surface area contributed by atoms with Gasteiger partial charge >= 0.3 is 0 Å². The summed E-state index contributed by atoms with van der Waals surface area (Å²) in [5.74, 6) is 0.0840. The van der Waals surface area contributed by atoms with Gasteiger partial charge in [0.05, 0.1) is 24.8 Å². The number of rotatable bonds is 8. The highest BCUT2D eigenvalue weighted by molar-refractivity contribution is 7.92. The Hall–Kier alpha value is -2.87. The van der Waals surface area contributed by atoms with Crippen LogP contribution in [0.25, 0.3) is 0 Å². The molecule has 7 nitrogen and oxygen atoms in total. The molecule has 27 heavy (non-hydrogen) atoms. The first-order valence-corrected chi connectivity index (χ1v) is 10.3. The summed E-state index contributed by atoms with van der Waals surface area (Å²) in [6.07, 6.45) is 2.55. The molecule has 2 aromatic carbocycles. The molecule has 1 N–H and O–H groups in total. The van der Waals surface area contributed by atoms with Crippen LogP contribution >= 0.6 is 0 Å². The van der Waals surface area contributed by atoms with Crippen molar-refractivity contribution < 1.29 is 17.9 Å². The first-order valence-electron chi connectivity index (χ1n) is 8.43. The summed E-state index contributed by atoms with van der Waals surface area (Å²) in [6, 6.07) is 14.8. The molecule has 0 heterocycles. The van der Waals surface area contributed by atoms with E-state index in [-0.39, 0.29) is 0 Å². The van der Waals surface area contributed by atoms with Crippen molar-refractivity contribution in [3.8, 4) is 5.75 Å². The topological polar surface area (TPSA) is 88.1 Å². The molecular weight excluding hydrogens is 366 g/mol. The Bertz CT molecular complexity index is 881. The molecule has 0 saturated carbocycles. The van der Waals surface area contributed by atoms with E-state index in [0.29, 0.717) is 18.0 Å². The lowest BCUT2D eigenvalue weighted by Gasteiger charge is -2.27. The standard InChI is InChI=1S/C19H23N3O4S/c1-4-26-18-12-10-17(11-13-18)22(27(3,24)25)15(2)19(23)21-20-14-16-8-6-5-7-9-16/h5-15H,4H2,1-3H3,(H,21,23)/b20-14-/t15-/m0/s1. The molecule has 0 saturated heterocycles. The Kier molecular flexibility index (Phi) is 6.95. The molecule has 1 atom stereocenters. The maximum atomic E-state index is 12.4. The van der Waals surface area contributed by atoms with Gasteiger partial charge < -0.3 is 4.74 Å². The Morgan fingerprint density at radius 2 is 1.81 bits per heavy atom. The molecule has 144 valence electrons. The van der Waals surface area contributed by atoms with Crippen LogP contribution < -0.4 is 14.5 Å². The van der Waals surface area contributed by atoms with Gasteiger partial charge in [0, 0.05) is 0 Å². The molecule has 0 fully saturated rings. The summed E-state index contributed by atoms with van der Waals surface area (Å²) >= 11 is 0. The third-order valence-corrected chi connectivity index (χ3v) is 4.92. The third-order valence-electron chi connectivity index (χ3n) is 3.68. The van der Waals surface area contributed by atoms with E-state index in [2.05, 4.69) is 10.5 Å². The Morgan fingerprint density at radius 3 is 2.37 bits per heavy atom. The lowest BCUT2D eigenvalue weighted by atomic mass is 10.2. The molecule has 0 aliphatic carbocycles. The first kappa shape index (κ1) is 20.4. The van der Waals surface area contributed by atoms with E-state index in [9.17, 15) is 13.2 Å². The van der Waals surface area contributed by atoms with E-state index < -0.39 is 22.0 Å². The minimum absolute atomic E-state index is 0.371. The molecule has 0 aliphatic heterocycles. The third kappa shape index (κ3) is 5.82. The lowest BCUT2D eigenvalue weighted by molar-refractivity contribution is -0.121. The molecule has 0 bridgehead atoms. The van der Waals surface area contributed by atoms with Gasteiger partial charge in [-0.1, -0.05) is 30.3 Å². The number of ether oxygens (including phenoxy) is 1. The Morgan fingerprint density at radius 1 is 1.19 bits per heavy atom. The van der Waals surface area contributed by atoms with Crippen molar-refractivity contribution >= 4 is 27.8 Å². The molecule has 2 rings (SSSR count). The number of hydrazone groups is 1. The summed E-state index contributed by atoms with van der Waals surface area (Å²) in [5.41, 5.74) is 3.57. The van der Waals surface area contributed by atoms with Gasteiger partial charge in [0.1, 0.15) is 11.8 Å². The number of hydrogen-bond acceptors (Lipinski definition) is 5. The zero-order valence-corrected chi connectivity index (χ0v) is 16.3. The number of benzene rings is 2. The number of carbonyl (C=O) groups excluding carboxylic acids is 1. The highest BCUT2D eigenvalue weighted by atomic mass is 32.2. The predicted molar refractivity (Wildman–Crippen MR) is 107 cm³/mol. The number of sulfonamides is 1. The monoisotopic (exact) mass is 389 g/mol. The summed E-state index contributed by atoms with van der Waals surface area (Å²) in [6.45, 7) is 3.87. The number of anilines is 1. The van der Waals surface area contributed by atoms with E-state index in [1.807, 2.05) is 37.3 Å². The van der Waals surface area contributed by atoms with Crippen LogP contribution in [-0.4, -0.2) is 39.4 Å². The maximum Gasteiger partial charge on any atom is 0.263 e. The molecule has 2 aromatic rings. The summed E-state index contributed by atoms with van der Waals surface area (Å²) in [5, 5.41) is 3.89. The molecular formula is C19H23N3O4S. The lowest BCUT2D eigenvalue weighted by Crippen LogP contribution is -2.46. The van der Waals surface area contributed by atoms with Crippen molar-refractivity contribution in [3.63, 3.8) is 0 Å². The van der Waals surface area contributed by atoms with Gasteiger partial charge in [-0.3, -0.25) is 9.10 Å². The van der Waals surface area contributed by atoms with Crippen LogP contribution in [0.5, 0.6) is 5.75 Å². The van der Waals surface area contributed by atoms with Crippen molar-refractivity contribution in [1.29, 1.82) is 0 Å². The summed E-state index contributed by atoms with van der Waals surface area (Å²) in [7, 11) is -3.68. The Balaban J connectivity index is 2.15. The van der Waals surface area contributed by atoms with Crippen LogP contribution in [0.1, 0.15) is 19.4 Å². The quantitative estimate of drug-likeness (QED) is 0.555. The van der Waals surface area contributed by atoms with Crippen LogP contribution in [0, 0.1) is 0 Å². The smallest absolute Gasteiger partial charge is 0.263 e. The molecule has 0 aromatic heterocycles. The average Bonchev–Trinajstić information content (AvgIpc) is 2.63. The van der Waals surface area contributed by atoms with Crippen molar-refractivity contribution in [2.75, 3.05) is 17.2 Å². The maximum absolute atomic E-state index is 12.4. The van der Waals surface area contributed by atoms with Crippen molar-refractivity contribution in [2.45, 2.75) is 19.9 Å². The fourth-order valence-corrected chi connectivity index (χ4v) is 3.64. The minimum atomic E-state index is -3.68. The van der Waals surface area contributed by atoms with E-state index in [1.165, 1.54) is 13.1 Å². The van der Waals surface area contributed by atoms with Gasteiger partial charge in [0.25, 0.3) is 5.91 Å². The molecule has 0 radical (unpaired) electrons. The number of hydrogen-bond donors (Lipinski definition) is 1. The summed E-state index contributed by atoms with van der Waals surface area (Å²) in [4.78, 5) is 12.4. The Labute approximate surface area is 159 Å². The highest BCUT2D eigenvalue weighted by Crippen LogP contribution is 2.24. The van der Waals surface area contributed by atoms with Gasteiger partial charge in [0.15, 0.2) is 0 Å². The van der Waals surface area contributed by atoms with E-state index >= 15 is 0 Å². The largest absolute Gasteiger partial charge is 0.494 e. The van der Waals surface area contributed by atoms with E-state index in [0.717, 1.165) is 16.1 Å². The van der Waals surface area contributed by atoms with Crippen LogP contribution in [-0.2, 0) is 14.8 Å². The van der Waals surface area contributed by atoms with Crippen molar-refractivity contribution in [2.24, 2.45) is 5.10 Å². The number of nitrogens with zero attached hydrogens (tertiary/aromatic N) is 2. The van der Waals surface area contributed by atoms with Crippen LogP contribution in [0.2, 0.25) is 0 Å². The van der Waals surface area contributed by atoms with Crippen molar-refractivity contribution in [3.05, 3.63) is 60.2 Å². The van der Waals surface area contributed by atoms with Crippen LogP contribution in [0.4, 0.5) is 5.69 Å². The van der Waals surface area contributed by atoms with E-state index in [4.69, 9.17) is 4.74 Å². The molecule has 0 unspecified atom stereocenters. The van der Waals surface area contributed by atoms with Crippen LogP contribution in [0.3, 0.4) is 0 Å². The zero-order chi connectivity index (χ0) is 19.9. The summed E-state index contributed by atoms with van der Waals surface area (Å²) < 4.78 is 30.9. The zero-order valence-electron chi connectivity index (χ0n) is 15.5. The number of amides is 1. The van der Waals surface area contributed by atoms with E-state index in [1.54, 1.807) is 24.3 Å². The number of carbonyl (C=O) groups is 1. The average molecular weight is 389 g/mol. The van der Waals surface area contributed by atoms with Gasteiger partial charge in [-0.2, -0.15) is 5.10 Å². The molecule has 0 aliphatic rings. The predicted octanol–water partition coefficient (Wildman–Crippen LogP) is 2.39. The van der Waals surface area contributed by atoms with Gasteiger partial charge in [-0.05, 0) is 43.7 Å². The second-order valence-corrected chi connectivity index (χ2v) is 7.67.